The molecule has 0 radical (unpaired) electrons. The van der Waals surface area contributed by atoms with Gasteiger partial charge in [0.05, 0.1) is 6.10 Å². The zero-order valence-corrected chi connectivity index (χ0v) is 15.8. The third-order valence-electron chi connectivity index (χ3n) is 5.55. The molecule has 0 bridgehead atoms. The second-order valence-corrected chi connectivity index (χ2v) is 8.30. The number of hydrogen-bond acceptors (Lipinski definition) is 2. The number of nitrogens with one attached hydrogen (secondary N) is 1. The molecule has 0 heterocycles. The summed E-state index contributed by atoms with van der Waals surface area (Å²) in [5, 5.41) is 3.16. The number of ether oxygens (including phenoxy) is 1. The predicted molar refractivity (Wildman–Crippen MR) is 98.7 cm³/mol. The molecule has 3 nitrogen and oxygen atoms in total. The fourth-order valence-electron chi connectivity index (χ4n) is 4.02. The Morgan fingerprint density at radius 1 is 1.29 bits per heavy atom. The van der Waals surface area contributed by atoms with Crippen molar-refractivity contribution in [2.75, 3.05) is 13.7 Å². The van der Waals surface area contributed by atoms with E-state index >= 15 is 0 Å². The largest absolute Gasteiger partial charge is 0.375 e. The minimum Gasteiger partial charge on any atom is -0.375 e. The van der Waals surface area contributed by atoms with Gasteiger partial charge in [0.15, 0.2) is 0 Å². The molecule has 1 aromatic carbocycles. The van der Waals surface area contributed by atoms with Gasteiger partial charge < -0.3 is 10.1 Å². The van der Waals surface area contributed by atoms with Gasteiger partial charge in [-0.25, -0.2) is 0 Å². The van der Waals surface area contributed by atoms with Crippen molar-refractivity contribution in [3.8, 4) is 0 Å². The van der Waals surface area contributed by atoms with E-state index in [1.165, 1.54) is 6.42 Å². The number of rotatable bonds is 6. The summed E-state index contributed by atoms with van der Waals surface area (Å²) < 4.78 is 5.57. The second kappa shape index (κ2) is 8.15. The fraction of sp³-hybridized carbons (Fsp3) is 0.667. The van der Waals surface area contributed by atoms with Crippen molar-refractivity contribution in [2.45, 2.75) is 53.1 Å². The van der Waals surface area contributed by atoms with Crippen molar-refractivity contribution >= 4 is 5.91 Å². The van der Waals surface area contributed by atoms with Crippen LogP contribution in [-0.4, -0.2) is 19.6 Å². The van der Waals surface area contributed by atoms with E-state index < -0.39 is 0 Å². The molecule has 2 rings (SSSR count). The van der Waals surface area contributed by atoms with E-state index in [9.17, 15) is 4.79 Å². The molecular weight excluding hydrogens is 298 g/mol. The average molecular weight is 332 g/mol. The molecule has 1 aliphatic rings. The lowest BCUT2D eigenvalue weighted by Gasteiger charge is -2.41. The molecule has 1 N–H and O–H groups in total. The van der Waals surface area contributed by atoms with Gasteiger partial charge in [-0.1, -0.05) is 58.0 Å². The Morgan fingerprint density at radius 2 is 1.96 bits per heavy atom. The van der Waals surface area contributed by atoms with E-state index in [4.69, 9.17) is 4.74 Å². The molecule has 24 heavy (non-hydrogen) atoms. The number of benzene rings is 1. The first-order valence-corrected chi connectivity index (χ1v) is 9.19. The standard InChI is InChI=1S/C21H33NO2/c1-15(2)17-11-12-21(3,4)13-18(17)20(23)22-14-19(24-5)16-9-7-6-8-10-16/h6-10,15,17-19H,11-14H2,1-5H3,(H,22,23). The lowest BCUT2D eigenvalue weighted by atomic mass is 9.64. The molecule has 1 aliphatic carbocycles. The Labute approximate surface area is 147 Å². The summed E-state index contributed by atoms with van der Waals surface area (Å²) in [6.45, 7) is 9.58. The monoisotopic (exact) mass is 331 g/mol. The van der Waals surface area contributed by atoms with Crippen molar-refractivity contribution in [3.63, 3.8) is 0 Å². The Morgan fingerprint density at radius 3 is 2.54 bits per heavy atom. The van der Waals surface area contributed by atoms with Crippen LogP contribution < -0.4 is 5.32 Å². The normalized spacial score (nSPS) is 24.6. The van der Waals surface area contributed by atoms with Crippen molar-refractivity contribution in [3.05, 3.63) is 35.9 Å². The highest BCUT2D eigenvalue weighted by Gasteiger charge is 2.39. The van der Waals surface area contributed by atoms with E-state index in [1.54, 1.807) is 7.11 Å². The minimum atomic E-state index is -0.0933. The highest BCUT2D eigenvalue weighted by molar-refractivity contribution is 5.79. The van der Waals surface area contributed by atoms with E-state index in [0.29, 0.717) is 18.4 Å². The zero-order valence-electron chi connectivity index (χ0n) is 15.8. The van der Waals surface area contributed by atoms with Crippen LogP contribution in [0, 0.1) is 23.2 Å². The average Bonchev–Trinajstić information content (AvgIpc) is 2.55. The van der Waals surface area contributed by atoms with E-state index in [2.05, 4.69) is 33.0 Å². The van der Waals surface area contributed by atoms with E-state index in [1.807, 2.05) is 30.3 Å². The van der Waals surface area contributed by atoms with Crippen molar-refractivity contribution in [1.82, 2.24) is 5.32 Å². The summed E-state index contributed by atoms with van der Waals surface area (Å²) in [5.41, 5.74) is 1.36. The van der Waals surface area contributed by atoms with Gasteiger partial charge in [-0.15, -0.1) is 0 Å². The first-order valence-electron chi connectivity index (χ1n) is 9.19. The summed E-state index contributed by atoms with van der Waals surface area (Å²) in [6, 6.07) is 10.1. The summed E-state index contributed by atoms with van der Waals surface area (Å²) in [6.07, 6.45) is 3.24. The van der Waals surface area contributed by atoms with Gasteiger partial charge in [-0.3, -0.25) is 4.79 Å². The first kappa shape index (κ1) is 19.0. The number of carbonyl (C=O) groups excluding carboxylic acids is 1. The fourth-order valence-corrected chi connectivity index (χ4v) is 4.02. The van der Waals surface area contributed by atoms with Gasteiger partial charge in [-0.2, -0.15) is 0 Å². The lowest BCUT2D eigenvalue weighted by Crippen LogP contribution is -2.43. The maximum absolute atomic E-state index is 12.9. The maximum Gasteiger partial charge on any atom is 0.223 e. The summed E-state index contributed by atoms with van der Waals surface area (Å²) in [5.74, 6) is 1.33. The highest BCUT2D eigenvalue weighted by atomic mass is 16.5. The van der Waals surface area contributed by atoms with Crippen LogP contribution in [0.5, 0.6) is 0 Å². The van der Waals surface area contributed by atoms with Crippen LogP contribution in [0.4, 0.5) is 0 Å². The van der Waals surface area contributed by atoms with Gasteiger partial charge in [-0.05, 0) is 42.1 Å². The SMILES string of the molecule is COC(CNC(=O)C1CC(C)(C)CCC1C(C)C)c1ccccc1. The zero-order chi connectivity index (χ0) is 17.7. The molecule has 0 aromatic heterocycles. The van der Waals surface area contributed by atoms with Crippen LogP contribution in [0.25, 0.3) is 0 Å². The van der Waals surface area contributed by atoms with Crippen LogP contribution in [-0.2, 0) is 9.53 Å². The predicted octanol–water partition coefficient (Wildman–Crippen LogP) is 4.59. The number of methoxy groups -OCH3 is 1. The van der Waals surface area contributed by atoms with Gasteiger partial charge in [0, 0.05) is 19.6 Å². The molecular formula is C21H33NO2. The van der Waals surface area contributed by atoms with Gasteiger partial charge >= 0.3 is 0 Å². The van der Waals surface area contributed by atoms with Gasteiger partial charge in [0.2, 0.25) is 5.91 Å². The Hall–Kier alpha value is -1.35. The van der Waals surface area contributed by atoms with Crippen molar-refractivity contribution < 1.29 is 9.53 Å². The number of hydrogen-bond donors (Lipinski definition) is 1. The molecule has 3 heteroatoms. The Balaban J connectivity index is 2.01. The van der Waals surface area contributed by atoms with Crippen LogP contribution >= 0.6 is 0 Å². The molecule has 1 aromatic rings. The molecule has 1 fully saturated rings. The molecule has 1 amide bonds. The van der Waals surface area contributed by atoms with Crippen LogP contribution in [0.2, 0.25) is 0 Å². The molecule has 1 saturated carbocycles. The van der Waals surface area contributed by atoms with E-state index in [-0.39, 0.29) is 23.3 Å². The molecule has 3 atom stereocenters. The number of carbonyl (C=O) groups is 1. The lowest BCUT2D eigenvalue weighted by molar-refractivity contribution is -0.131. The van der Waals surface area contributed by atoms with Crippen molar-refractivity contribution in [2.24, 2.45) is 23.2 Å². The van der Waals surface area contributed by atoms with Crippen LogP contribution in [0.15, 0.2) is 30.3 Å². The highest BCUT2D eigenvalue weighted by Crippen LogP contribution is 2.44. The van der Waals surface area contributed by atoms with E-state index in [0.717, 1.165) is 18.4 Å². The molecule has 134 valence electrons. The smallest absolute Gasteiger partial charge is 0.223 e. The molecule has 0 spiro atoms. The maximum atomic E-state index is 12.9. The quantitative estimate of drug-likeness (QED) is 0.828. The van der Waals surface area contributed by atoms with Gasteiger partial charge in [0.25, 0.3) is 0 Å². The topological polar surface area (TPSA) is 38.3 Å². The van der Waals surface area contributed by atoms with Gasteiger partial charge in [0.1, 0.15) is 0 Å². The second-order valence-electron chi connectivity index (χ2n) is 8.30. The first-order chi connectivity index (χ1) is 11.3. The third kappa shape index (κ3) is 4.83. The number of amides is 1. The molecule has 3 unspecified atom stereocenters. The third-order valence-corrected chi connectivity index (χ3v) is 5.55. The minimum absolute atomic E-state index is 0.0933. The molecule has 0 aliphatic heterocycles. The summed E-state index contributed by atoms with van der Waals surface area (Å²) >= 11 is 0. The Bertz CT molecular complexity index is 524. The van der Waals surface area contributed by atoms with Crippen LogP contribution in [0.1, 0.15) is 58.6 Å². The summed E-state index contributed by atoms with van der Waals surface area (Å²) in [7, 11) is 1.70. The van der Waals surface area contributed by atoms with Crippen LogP contribution in [0.3, 0.4) is 0 Å². The summed E-state index contributed by atoms with van der Waals surface area (Å²) in [4.78, 5) is 12.9. The van der Waals surface area contributed by atoms with Crippen molar-refractivity contribution in [1.29, 1.82) is 0 Å². The Kier molecular flexibility index (Phi) is 6.45. The molecule has 0 saturated heterocycles.